The van der Waals surface area contributed by atoms with Gasteiger partial charge in [0.05, 0.1) is 27.7 Å². The van der Waals surface area contributed by atoms with Crippen molar-refractivity contribution in [2.75, 3.05) is 68.1 Å². The first kappa shape index (κ1) is 41.4. The summed E-state index contributed by atoms with van der Waals surface area (Å²) in [5, 5.41) is 9.11. The molecule has 40 heavy (non-hydrogen) atoms. The van der Waals surface area contributed by atoms with Crippen LogP contribution in [0.2, 0.25) is 0 Å². The second-order valence-corrected chi connectivity index (χ2v) is 13.4. The number of likely N-dealkylation sites (N-methyl/N-ethyl adjacent to an activating group) is 1. The molecule has 0 spiro atoms. The molecule has 1 atom stereocenters. The van der Waals surface area contributed by atoms with Crippen molar-refractivity contribution in [2.45, 2.75) is 122 Å². The largest absolute Gasteiger partial charge is 0.756 e. The molecule has 242 valence electrons. The molecule has 0 radical (unpaired) electrons. The maximum atomic E-state index is 12.0. The Kier molecular flexibility index (Phi) is 28.1. The van der Waals surface area contributed by atoms with Gasteiger partial charge in [0.2, 0.25) is 0 Å². The Labute approximate surface area is 247 Å². The SMILES string of the molecule is CCCCCCCCCCCCCCCCCCCCN(CCO)C(=O)N(C)C.C[N+](C)(C)CCOP(=O)([O-])O. The van der Waals surface area contributed by atoms with Gasteiger partial charge < -0.3 is 33.7 Å². The fourth-order valence-electron chi connectivity index (χ4n) is 4.34. The number of quaternary nitrogens is 1. The Hall–Kier alpha value is -0.700. The van der Waals surface area contributed by atoms with Gasteiger partial charge in [-0.05, 0) is 6.42 Å². The van der Waals surface area contributed by atoms with Gasteiger partial charge in [0, 0.05) is 27.2 Å². The van der Waals surface area contributed by atoms with Crippen LogP contribution < -0.4 is 4.89 Å². The van der Waals surface area contributed by atoms with Gasteiger partial charge in [-0.25, -0.2) is 4.79 Å². The average molecular weight is 596 g/mol. The highest BCUT2D eigenvalue weighted by atomic mass is 31.2. The molecule has 0 aliphatic rings. The zero-order chi connectivity index (χ0) is 30.7. The van der Waals surface area contributed by atoms with E-state index in [0.29, 0.717) is 17.6 Å². The van der Waals surface area contributed by atoms with E-state index >= 15 is 0 Å². The molecule has 0 bridgehead atoms. The van der Waals surface area contributed by atoms with Crippen LogP contribution in [0.4, 0.5) is 4.79 Å². The minimum absolute atomic E-state index is 0.00558. The number of hydrogen-bond donors (Lipinski definition) is 2. The van der Waals surface area contributed by atoms with Crippen molar-refractivity contribution in [2.24, 2.45) is 0 Å². The summed E-state index contributed by atoms with van der Waals surface area (Å²) in [6.07, 6.45) is 24.7. The fourth-order valence-corrected chi connectivity index (χ4v) is 4.65. The Morgan fingerprint density at radius 1 is 0.750 bits per heavy atom. The topological polar surface area (TPSA) is 113 Å². The van der Waals surface area contributed by atoms with E-state index in [1.165, 1.54) is 109 Å². The van der Waals surface area contributed by atoms with Gasteiger partial charge in [0.25, 0.3) is 7.82 Å². The second-order valence-electron chi connectivity index (χ2n) is 12.2. The Morgan fingerprint density at radius 3 is 1.43 bits per heavy atom. The minimum atomic E-state index is -4.51. The molecule has 0 aromatic heterocycles. The van der Waals surface area contributed by atoms with Crippen LogP contribution in [0.5, 0.6) is 0 Å². The molecule has 10 heteroatoms. The number of phosphoric acid groups is 1. The van der Waals surface area contributed by atoms with E-state index in [1.807, 2.05) is 21.1 Å². The first-order valence-corrected chi connectivity index (χ1v) is 17.4. The van der Waals surface area contributed by atoms with Crippen molar-refractivity contribution in [1.82, 2.24) is 9.80 Å². The molecule has 2 N–H and O–H groups in total. The summed E-state index contributed by atoms with van der Waals surface area (Å²) >= 11 is 0. The zero-order valence-corrected chi connectivity index (χ0v) is 28.0. The number of amides is 2. The van der Waals surface area contributed by atoms with Crippen molar-refractivity contribution in [3.05, 3.63) is 0 Å². The third kappa shape index (κ3) is 33.5. The molecule has 0 aromatic carbocycles. The smallest absolute Gasteiger partial charge is 0.319 e. The molecule has 1 unspecified atom stereocenters. The van der Waals surface area contributed by atoms with Gasteiger partial charge in [-0.1, -0.05) is 116 Å². The van der Waals surface area contributed by atoms with Crippen LogP contribution >= 0.6 is 7.82 Å². The molecule has 0 aromatic rings. The van der Waals surface area contributed by atoms with E-state index in [4.69, 9.17) is 10.00 Å². The van der Waals surface area contributed by atoms with Gasteiger partial charge in [0.1, 0.15) is 13.2 Å². The van der Waals surface area contributed by atoms with E-state index in [9.17, 15) is 14.3 Å². The summed E-state index contributed by atoms with van der Waals surface area (Å²) in [4.78, 5) is 33.6. The van der Waals surface area contributed by atoms with Crippen molar-refractivity contribution in [3.8, 4) is 0 Å². The van der Waals surface area contributed by atoms with Crippen LogP contribution in [-0.4, -0.2) is 98.4 Å². The molecular formula is C30H66N3O6P. The molecule has 0 saturated carbocycles. The highest BCUT2D eigenvalue weighted by Gasteiger charge is 2.14. The van der Waals surface area contributed by atoms with Crippen LogP contribution in [-0.2, 0) is 9.09 Å². The standard InChI is InChI=1S/C25H52N2O2.C5H14NO4P/c1-4-5-6-7-8-9-10-11-12-13-14-15-16-17-18-19-20-21-22-27(23-24-28)25(29)26(2)3;1-6(2,3)4-5-10-11(7,8)9/h28H,4-24H2,1-3H3;4-5H2,1-3H3,(H-,7,8,9). The number of phosphoric ester groups is 1. The quantitative estimate of drug-likeness (QED) is 0.0741. The predicted octanol–water partition coefficient (Wildman–Crippen LogP) is 6.17. The molecular weight excluding hydrogens is 529 g/mol. The van der Waals surface area contributed by atoms with Gasteiger partial charge in [0.15, 0.2) is 0 Å². The van der Waals surface area contributed by atoms with Gasteiger partial charge in [-0.2, -0.15) is 0 Å². The molecule has 0 aliphatic heterocycles. The average Bonchev–Trinajstić information content (AvgIpc) is 2.85. The first-order valence-electron chi connectivity index (χ1n) is 15.9. The Morgan fingerprint density at radius 2 is 1.12 bits per heavy atom. The number of aliphatic hydroxyl groups excluding tert-OH is 1. The lowest BCUT2D eigenvalue weighted by Crippen LogP contribution is -2.41. The molecule has 9 nitrogen and oxygen atoms in total. The molecule has 0 rings (SSSR count). The van der Waals surface area contributed by atoms with Gasteiger partial charge in [-0.3, -0.25) is 4.57 Å². The van der Waals surface area contributed by atoms with Crippen molar-refractivity contribution in [1.29, 1.82) is 0 Å². The minimum Gasteiger partial charge on any atom is -0.756 e. The molecule has 0 aliphatic carbocycles. The maximum absolute atomic E-state index is 12.0. The number of carbonyl (C=O) groups excluding carboxylic acids is 1. The van der Waals surface area contributed by atoms with Crippen molar-refractivity contribution >= 4 is 13.9 Å². The third-order valence-corrected chi connectivity index (χ3v) is 7.33. The van der Waals surface area contributed by atoms with Gasteiger partial charge >= 0.3 is 6.03 Å². The van der Waals surface area contributed by atoms with E-state index in [2.05, 4.69) is 11.4 Å². The summed E-state index contributed by atoms with van der Waals surface area (Å²) in [6, 6.07) is 0.00558. The van der Waals surface area contributed by atoms with E-state index < -0.39 is 7.82 Å². The van der Waals surface area contributed by atoms with E-state index in [0.717, 1.165) is 13.0 Å². The van der Waals surface area contributed by atoms with Gasteiger partial charge in [-0.15, -0.1) is 0 Å². The number of nitrogens with zero attached hydrogens (tertiary/aromatic N) is 3. The summed E-state index contributed by atoms with van der Waals surface area (Å²) in [5.41, 5.74) is 0. The van der Waals surface area contributed by atoms with E-state index in [-0.39, 0.29) is 19.2 Å². The lowest BCUT2D eigenvalue weighted by atomic mass is 10.0. The van der Waals surface area contributed by atoms with Crippen molar-refractivity contribution in [3.63, 3.8) is 0 Å². The van der Waals surface area contributed by atoms with Crippen LogP contribution in [0, 0.1) is 0 Å². The number of aliphatic hydroxyl groups is 1. The van der Waals surface area contributed by atoms with E-state index in [1.54, 1.807) is 23.9 Å². The van der Waals surface area contributed by atoms with Crippen LogP contribution in [0.15, 0.2) is 0 Å². The molecule has 0 fully saturated rings. The fraction of sp³-hybridized carbons (Fsp3) is 0.967. The summed E-state index contributed by atoms with van der Waals surface area (Å²) < 4.78 is 14.8. The van der Waals surface area contributed by atoms with Crippen LogP contribution in [0.3, 0.4) is 0 Å². The number of rotatable bonds is 25. The molecule has 0 heterocycles. The lowest BCUT2D eigenvalue weighted by Gasteiger charge is -2.25. The number of urea groups is 1. The highest BCUT2D eigenvalue weighted by molar-refractivity contribution is 7.44. The first-order chi connectivity index (χ1) is 18.8. The second kappa shape index (κ2) is 27.2. The third-order valence-electron chi connectivity index (χ3n) is 6.82. The molecule has 0 saturated heterocycles. The number of hydrogen-bond acceptors (Lipinski definition) is 5. The maximum Gasteiger partial charge on any atom is 0.319 e. The van der Waals surface area contributed by atoms with Crippen LogP contribution in [0.25, 0.3) is 0 Å². The summed E-state index contributed by atoms with van der Waals surface area (Å²) in [5.74, 6) is 0. The Balaban J connectivity index is 0. The monoisotopic (exact) mass is 595 g/mol. The summed E-state index contributed by atoms with van der Waals surface area (Å²) in [6.45, 7) is 4.07. The highest BCUT2D eigenvalue weighted by Crippen LogP contribution is 2.29. The molecule has 2 amide bonds. The number of unbranched alkanes of at least 4 members (excludes halogenated alkanes) is 17. The predicted molar refractivity (Wildman–Crippen MR) is 165 cm³/mol. The Bertz CT molecular complexity index is 611. The summed E-state index contributed by atoms with van der Waals surface area (Å²) in [7, 11) is 4.72. The normalized spacial score (nSPS) is 12.9. The van der Waals surface area contributed by atoms with Crippen LogP contribution in [0.1, 0.15) is 122 Å². The number of carbonyl (C=O) groups is 1. The zero-order valence-electron chi connectivity index (χ0n) is 27.1. The lowest BCUT2D eigenvalue weighted by molar-refractivity contribution is -0.870. The van der Waals surface area contributed by atoms with Crippen molar-refractivity contribution < 1.29 is 33.3 Å².